The topological polar surface area (TPSA) is 60.4 Å². The summed E-state index contributed by atoms with van der Waals surface area (Å²) < 4.78 is 30.9. The van der Waals surface area contributed by atoms with Gasteiger partial charge in [0.2, 0.25) is 0 Å². The van der Waals surface area contributed by atoms with Crippen LogP contribution in [-0.2, 0) is 9.84 Å². The molecule has 120 valence electrons. The fourth-order valence-corrected chi connectivity index (χ4v) is 4.51. The highest BCUT2D eigenvalue weighted by molar-refractivity contribution is 7.91. The van der Waals surface area contributed by atoms with E-state index in [1.165, 1.54) is 0 Å². The van der Waals surface area contributed by atoms with Crippen molar-refractivity contribution in [2.45, 2.75) is 24.2 Å². The van der Waals surface area contributed by atoms with Gasteiger partial charge < -0.3 is 4.74 Å². The predicted octanol–water partition coefficient (Wildman–Crippen LogP) is 3.15. The minimum atomic E-state index is -3.38. The highest BCUT2D eigenvalue weighted by atomic mass is 32.2. The van der Waals surface area contributed by atoms with Gasteiger partial charge in [0.05, 0.1) is 22.8 Å². The lowest BCUT2D eigenvalue weighted by molar-refractivity contribution is 0.111. The fraction of sp³-hybridized carbons (Fsp3) is 0.278. The van der Waals surface area contributed by atoms with Gasteiger partial charge in [0.25, 0.3) is 0 Å². The minimum absolute atomic E-state index is 0.0226. The molecular formula is C18H18O4S. The van der Waals surface area contributed by atoms with E-state index in [0.717, 1.165) is 17.4 Å². The molecule has 2 aromatic rings. The van der Waals surface area contributed by atoms with Crippen molar-refractivity contribution in [2.75, 3.05) is 12.4 Å². The number of ether oxygens (including phenoxy) is 1. The second kappa shape index (κ2) is 6.16. The molecule has 0 bridgehead atoms. The number of aldehydes is 1. The van der Waals surface area contributed by atoms with Gasteiger partial charge in [0, 0.05) is 5.92 Å². The second-order valence-electron chi connectivity index (χ2n) is 5.81. The zero-order valence-electron chi connectivity index (χ0n) is 12.9. The number of rotatable bonds is 4. The molecule has 0 aliphatic carbocycles. The Bertz CT molecular complexity index is 823. The van der Waals surface area contributed by atoms with Crippen molar-refractivity contribution in [1.29, 1.82) is 0 Å². The fourth-order valence-electron chi connectivity index (χ4n) is 2.89. The van der Waals surface area contributed by atoms with E-state index >= 15 is 0 Å². The largest absolute Gasteiger partial charge is 0.493 e. The third-order valence-corrected chi connectivity index (χ3v) is 5.99. The maximum Gasteiger partial charge on any atom is 0.178 e. The monoisotopic (exact) mass is 330 g/mol. The van der Waals surface area contributed by atoms with Crippen LogP contribution in [0.15, 0.2) is 47.4 Å². The summed E-state index contributed by atoms with van der Waals surface area (Å²) in [5.41, 5.74) is 2.30. The summed E-state index contributed by atoms with van der Waals surface area (Å²) in [6.07, 6.45) is 1.37. The standard InChI is InChI=1S/C18H18O4S/c1-13-5-7-16(8-6-13)23(20,21)12-15-9-10-22-18-14(11-19)3-2-4-17(15)18/h2-8,11,15H,9-10,12H2,1H3/t15-/m0/s1. The molecule has 0 spiro atoms. The Morgan fingerprint density at radius 1 is 1.17 bits per heavy atom. The average molecular weight is 330 g/mol. The molecule has 1 aliphatic rings. The Kier molecular flexibility index (Phi) is 4.22. The SMILES string of the molecule is Cc1ccc(S(=O)(=O)C[C@@H]2CCOc3c(C=O)cccc32)cc1. The maximum absolute atomic E-state index is 12.7. The van der Waals surface area contributed by atoms with E-state index in [1.54, 1.807) is 36.4 Å². The Labute approximate surface area is 136 Å². The number of carbonyl (C=O) groups is 1. The number of benzene rings is 2. The minimum Gasteiger partial charge on any atom is -0.493 e. The molecule has 0 aromatic heterocycles. The Hall–Kier alpha value is -2.14. The quantitative estimate of drug-likeness (QED) is 0.808. The third kappa shape index (κ3) is 3.15. The van der Waals surface area contributed by atoms with Gasteiger partial charge in [-0.25, -0.2) is 8.42 Å². The lowest BCUT2D eigenvalue weighted by atomic mass is 9.93. The molecule has 3 rings (SSSR count). The van der Waals surface area contributed by atoms with Crippen LogP contribution in [0.1, 0.15) is 33.8 Å². The highest BCUT2D eigenvalue weighted by Crippen LogP contribution is 2.37. The van der Waals surface area contributed by atoms with E-state index in [4.69, 9.17) is 4.74 Å². The predicted molar refractivity (Wildman–Crippen MR) is 87.9 cm³/mol. The summed E-state index contributed by atoms with van der Waals surface area (Å²) in [5.74, 6) is 0.386. The van der Waals surface area contributed by atoms with Gasteiger partial charge >= 0.3 is 0 Å². The van der Waals surface area contributed by atoms with E-state index in [1.807, 2.05) is 13.0 Å². The molecular weight excluding hydrogens is 312 g/mol. The molecule has 5 heteroatoms. The summed E-state index contributed by atoms with van der Waals surface area (Å²) in [5, 5.41) is 0. The molecule has 0 radical (unpaired) electrons. The van der Waals surface area contributed by atoms with Crippen LogP contribution in [0.4, 0.5) is 0 Å². The van der Waals surface area contributed by atoms with Crippen LogP contribution in [-0.4, -0.2) is 27.1 Å². The Morgan fingerprint density at radius 2 is 1.91 bits per heavy atom. The van der Waals surface area contributed by atoms with Crippen LogP contribution in [0, 0.1) is 6.92 Å². The number of aryl methyl sites for hydroxylation is 1. The number of para-hydroxylation sites is 1. The summed E-state index contributed by atoms with van der Waals surface area (Å²) in [6.45, 7) is 2.35. The molecule has 2 aromatic carbocycles. The summed E-state index contributed by atoms with van der Waals surface area (Å²) in [4.78, 5) is 11.5. The molecule has 0 unspecified atom stereocenters. The first-order chi connectivity index (χ1) is 11.0. The number of hydrogen-bond donors (Lipinski definition) is 0. The zero-order chi connectivity index (χ0) is 16.4. The highest BCUT2D eigenvalue weighted by Gasteiger charge is 2.28. The second-order valence-corrected chi connectivity index (χ2v) is 7.85. The zero-order valence-corrected chi connectivity index (χ0v) is 13.7. The molecule has 0 saturated carbocycles. The van der Waals surface area contributed by atoms with Gasteiger partial charge in [-0.2, -0.15) is 0 Å². The molecule has 23 heavy (non-hydrogen) atoms. The summed E-state index contributed by atoms with van der Waals surface area (Å²) >= 11 is 0. The van der Waals surface area contributed by atoms with Crippen molar-refractivity contribution < 1.29 is 17.9 Å². The molecule has 0 fully saturated rings. The molecule has 0 N–H and O–H groups in total. The molecule has 1 atom stereocenters. The Morgan fingerprint density at radius 3 is 2.61 bits per heavy atom. The van der Waals surface area contributed by atoms with Crippen LogP contribution in [0.5, 0.6) is 5.75 Å². The van der Waals surface area contributed by atoms with Gasteiger partial charge in [0.15, 0.2) is 16.1 Å². The van der Waals surface area contributed by atoms with Gasteiger partial charge in [-0.15, -0.1) is 0 Å². The first-order valence-electron chi connectivity index (χ1n) is 7.51. The first-order valence-corrected chi connectivity index (χ1v) is 9.17. The Balaban J connectivity index is 1.93. The smallest absolute Gasteiger partial charge is 0.178 e. The normalized spacial score (nSPS) is 17.2. The van der Waals surface area contributed by atoms with Gasteiger partial charge in [-0.05, 0) is 37.1 Å². The van der Waals surface area contributed by atoms with Crippen molar-refractivity contribution in [3.05, 3.63) is 59.2 Å². The summed E-state index contributed by atoms with van der Waals surface area (Å²) in [6, 6.07) is 12.2. The van der Waals surface area contributed by atoms with Gasteiger partial charge in [-0.1, -0.05) is 29.8 Å². The number of carbonyl (C=O) groups excluding carboxylic acids is 1. The van der Waals surface area contributed by atoms with Crippen LogP contribution >= 0.6 is 0 Å². The van der Waals surface area contributed by atoms with E-state index in [0.29, 0.717) is 29.2 Å². The summed E-state index contributed by atoms with van der Waals surface area (Å²) in [7, 11) is -3.38. The van der Waals surface area contributed by atoms with E-state index in [9.17, 15) is 13.2 Å². The lowest BCUT2D eigenvalue weighted by Crippen LogP contribution is -2.22. The number of fused-ring (bicyclic) bond motifs is 1. The van der Waals surface area contributed by atoms with Crippen molar-refractivity contribution in [2.24, 2.45) is 0 Å². The molecule has 1 heterocycles. The van der Waals surface area contributed by atoms with Gasteiger partial charge in [0.1, 0.15) is 5.75 Å². The van der Waals surface area contributed by atoms with E-state index in [2.05, 4.69) is 0 Å². The van der Waals surface area contributed by atoms with Crippen molar-refractivity contribution in [1.82, 2.24) is 0 Å². The van der Waals surface area contributed by atoms with Crippen LogP contribution in [0.3, 0.4) is 0 Å². The van der Waals surface area contributed by atoms with E-state index < -0.39 is 9.84 Å². The van der Waals surface area contributed by atoms with Crippen molar-refractivity contribution in [3.63, 3.8) is 0 Å². The number of sulfone groups is 1. The first kappa shape index (κ1) is 15.7. The van der Waals surface area contributed by atoms with Crippen LogP contribution in [0.2, 0.25) is 0 Å². The lowest BCUT2D eigenvalue weighted by Gasteiger charge is -2.26. The average Bonchev–Trinajstić information content (AvgIpc) is 2.55. The molecule has 0 amide bonds. The molecule has 0 saturated heterocycles. The third-order valence-electron chi connectivity index (χ3n) is 4.16. The number of hydrogen-bond acceptors (Lipinski definition) is 4. The molecule has 4 nitrogen and oxygen atoms in total. The van der Waals surface area contributed by atoms with Crippen LogP contribution in [0.25, 0.3) is 0 Å². The van der Waals surface area contributed by atoms with Crippen LogP contribution < -0.4 is 4.74 Å². The van der Waals surface area contributed by atoms with Gasteiger partial charge in [-0.3, -0.25) is 4.79 Å². The van der Waals surface area contributed by atoms with Crippen molar-refractivity contribution >= 4 is 16.1 Å². The maximum atomic E-state index is 12.7. The van der Waals surface area contributed by atoms with Crippen molar-refractivity contribution in [3.8, 4) is 5.75 Å². The van der Waals surface area contributed by atoms with E-state index in [-0.39, 0.29) is 11.7 Å². The molecule has 1 aliphatic heterocycles.